The highest BCUT2D eigenvalue weighted by Gasteiger charge is 2.07. The zero-order valence-electron chi connectivity index (χ0n) is 14.3. The molecule has 0 saturated carbocycles. The van der Waals surface area contributed by atoms with Gasteiger partial charge in [-0.3, -0.25) is 5.32 Å². The summed E-state index contributed by atoms with van der Waals surface area (Å²) >= 11 is 0. The predicted molar refractivity (Wildman–Crippen MR) is 95.0 cm³/mol. The van der Waals surface area contributed by atoms with Gasteiger partial charge in [-0.25, -0.2) is 0 Å². The molecular formula is C20H29NO. The lowest BCUT2D eigenvalue weighted by molar-refractivity contribution is 0.149. The van der Waals surface area contributed by atoms with Crippen LogP contribution < -0.4 is 5.32 Å². The van der Waals surface area contributed by atoms with E-state index in [-0.39, 0.29) is 0 Å². The molecule has 0 radical (unpaired) electrons. The molecule has 2 heteroatoms. The van der Waals surface area contributed by atoms with Crippen molar-refractivity contribution in [3.63, 3.8) is 0 Å². The van der Waals surface area contributed by atoms with Crippen LogP contribution in [0.3, 0.4) is 0 Å². The molecule has 2 N–H and O–H groups in total. The Kier molecular flexibility index (Phi) is 8.49. The van der Waals surface area contributed by atoms with E-state index < -0.39 is 6.23 Å². The maximum atomic E-state index is 9.95. The third-order valence-corrected chi connectivity index (χ3v) is 3.62. The summed E-state index contributed by atoms with van der Waals surface area (Å²) in [4.78, 5) is 0. The summed E-state index contributed by atoms with van der Waals surface area (Å²) in [5.74, 6) is 0. The number of hydrogen-bond acceptors (Lipinski definition) is 2. The highest BCUT2D eigenvalue weighted by molar-refractivity contribution is 5.32. The fourth-order valence-corrected chi connectivity index (χ4v) is 2.40. The summed E-state index contributed by atoms with van der Waals surface area (Å²) < 4.78 is 0. The molecule has 0 saturated heterocycles. The predicted octanol–water partition coefficient (Wildman–Crippen LogP) is 4.27. The SMILES string of the molecule is CC.CCc1cc(CCc2ccccc2)cc(C(O)NC)c1. The topological polar surface area (TPSA) is 32.3 Å². The number of aliphatic hydroxyl groups is 1. The Morgan fingerprint density at radius 3 is 2.09 bits per heavy atom. The zero-order chi connectivity index (χ0) is 16.4. The summed E-state index contributed by atoms with van der Waals surface area (Å²) in [7, 11) is 1.77. The monoisotopic (exact) mass is 299 g/mol. The van der Waals surface area contributed by atoms with Gasteiger partial charge in [0, 0.05) is 0 Å². The van der Waals surface area contributed by atoms with Crippen molar-refractivity contribution < 1.29 is 5.11 Å². The lowest BCUT2D eigenvalue weighted by Gasteiger charge is -2.13. The largest absolute Gasteiger partial charge is 0.374 e. The summed E-state index contributed by atoms with van der Waals surface area (Å²) in [5.41, 5.74) is 4.87. The fourth-order valence-electron chi connectivity index (χ4n) is 2.40. The Morgan fingerprint density at radius 1 is 0.909 bits per heavy atom. The molecule has 2 rings (SSSR count). The van der Waals surface area contributed by atoms with Crippen LogP contribution in [0.1, 0.15) is 49.3 Å². The van der Waals surface area contributed by atoms with E-state index in [4.69, 9.17) is 0 Å². The van der Waals surface area contributed by atoms with Gasteiger partial charge >= 0.3 is 0 Å². The molecule has 1 atom stereocenters. The van der Waals surface area contributed by atoms with Crippen molar-refractivity contribution in [2.45, 2.75) is 46.3 Å². The van der Waals surface area contributed by atoms with Crippen molar-refractivity contribution in [3.8, 4) is 0 Å². The van der Waals surface area contributed by atoms with Gasteiger partial charge in [-0.2, -0.15) is 0 Å². The molecule has 2 aromatic rings. The smallest absolute Gasteiger partial charge is 0.130 e. The molecule has 2 nitrogen and oxygen atoms in total. The second-order valence-corrected chi connectivity index (χ2v) is 5.11. The quantitative estimate of drug-likeness (QED) is 0.781. The summed E-state index contributed by atoms with van der Waals surface area (Å²) in [6.45, 7) is 6.14. The molecule has 120 valence electrons. The Balaban J connectivity index is 0.00000116. The number of benzene rings is 2. The van der Waals surface area contributed by atoms with E-state index in [2.05, 4.69) is 54.7 Å². The van der Waals surface area contributed by atoms with E-state index in [1.807, 2.05) is 19.9 Å². The van der Waals surface area contributed by atoms with E-state index in [0.717, 1.165) is 24.8 Å². The first-order valence-electron chi connectivity index (χ1n) is 8.25. The molecule has 1 unspecified atom stereocenters. The maximum absolute atomic E-state index is 9.95. The maximum Gasteiger partial charge on any atom is 0.130 e. The van der Waals surface area contributed by atoms with Crippen LogP contribution in [-0.2, 0) is 19.3 Å². The van der Waals surface area contributed by atoms with Gasteiger partial charge in [0.2, 0.25) is 0 Å². The molecule has 0 fully saturated rings. The third kappa shape index (κ3) is 5.63. The second kappa shape index (κ2) is 10.1. The van der Waals surface area contributed by atoms with Crippen LogP contribution in [0.2, 0.25) is 0 Å². The number of hydrogen-bond donors (Lipinski definition) is 2. The summed E-state index contributed by atoms with van der Waals surface area (Å²) in [6.07, 6.45) is 2.43. The first kappa shape index (κ1) is 18.4. The molecule has 22 heavy (non-hydrogen) atoms. The summed E-state index contributed by atoms with van der Waals surface area (Å²) in [5, 5.41) is 12.8. The number of aryl methyl sites for hydroxylation is 3. The fraction of sp³-hybridized carbons (Fsp3) is 0.400. The minimum absolute atomic E-state index is 0.586. The number of aliphatic hydroxyl groups excluding tert-OH is 1. The summed E-state index contributed by atoms with van der Waals surface area (Å²) in [6, 6.07) is 16.9. The van der Waals surface area contributed by atoms with E-state index in [0.29, 0.717) is 0 Å². The Bertz CT molecular complexity index is 537. The van der Waals surface area contributed by atoms with Crippen LogP contribution in [0.15, 0.2) is 48.5 Å². The van der Waals surface area contributed by atoms with Crippen LogP contribution in [0.25, 0.3) is 0 Å². The molecule has 0 bridgehead atoms. The van der Waals surface area contributed by atoms with Crippen molar-refractivity contribution in [2.75, 3.05) is 7.05 Å². The lowest BCUT2D eigenvalue weighted by Crippen LogP contribution is -2.15. The van der Waals surface area contributed by atoms with Gasteiger partial charge in [0.15, 0.2) is 0 Å². The van der Waals surface area contributed by atoms with Crippen LogP contribution in [0.4, 0.5) is 0 Å². The molecule has 0 aliphatic rings. The van der Waals surface area contributed by atoms with Crippen LogP contribution in [-0.4, -0.2) is 12.2 Å². The Labute approximate surface area is 135 Å². The van der Waals surface area contributed by atoms with Crippen LogP contribution in [0.5, 0.6) is 0 Å². The molecule has 2 aromatic carbocycles. The molecule has 0 heterocycles. The van der Waals surface area contributed by atoms with Crippen molar-refractivity contribution in [1.29, 1.82) is 0 Å². The first-order valence-corrected chi connectivity index (χ1v) is 8.25. The molecule has 0 amide bonds. The minimum Gasteiger partial charge on any atom is -0.374 e. The zero-order valence-corrected chi connectivity index (χ0v) is 14.3. The highest BCUT2D eigenvalue weighted by atomic mass is 16.3. The van der Waals surface area contributed by atoms with E-state index in [1.165, 1.54) is 16.7 Å². The van der Waals surface area contributed by atoms with Gasteiger partial charge in [-0.05, 0) is 48.6 Å². The molecular weight excluding hydrogens is 270 g/mol. The van der Waals surface area contributed by atoms with Gasteiger partial charge < -0.3 is 5.11 Å². The Morgan fingerprint density at radius 2 is 1.50 bits per heavy atom. The highest BCUT2D eigenvalue weighted by Crippen LogP contribution is 2.18. The molecule has 0 spiro atoms. The van der Waals surface area contributed by atoms with Gasteiger partial charge in [0.1, 0.15) is 6.23 Å². The molecule has 0 aliphatic heterocycles. The van der Waals surface area contributed by atoms with Gasteiger partial charge in [0.05, 0.1) is 0 Å². The van der Waals surface area contributed by atoms with Crippen molar-refractivity contribution >= 4 is 0 Å². The van der Waals surface area contributed by atoms with Crippen molar-refractivity contribution in [2.24, 2.45) is 0 Å². The number of rotatable bonds is 6. The van der Waals surface area contributed by atoms with Crippen LogP contribution in [0, 0.1) is 0 Å². The normalized spacial score (nSPS) is 11.5. The van der Waals surface area contributed by atoms with Gasteiger partial charge in [0.25, 0.3) is 0 Å². The average Bonchev–Trinajstić information content (AvgIpc) is 2.61. The van der Waals surface area contributed by atoms with Crippen LogP contribution >= 0.6 is 0 Å². The van der Waals surface area contributed by atoms with Gasteiger partial charge in [-0.1, -0.05) is 69.3 Å². The third-order valence-electron chi connectivity index (χ3n) is 3.62. The van der Waals surface area contributed by atoms with E-state index >= 15 is 0 Å². The first-order chi connectivity index (χ1) is 10.7. The van der Waals surface area contributed by atoms with E-state index in [9.17, 15) is 5.11 Å². The second-order valence-electron chi connectivity index (χ2n) is 5.11. The number of nitrogens with one attached hydrogen (secondary N) is 1. The lowest BCUT2D eigenvalue weighted by atomic mass is 9.98. The minimum atomic E-state index is -0.586. The Hall–Kier alpha value is -1.64. The van der Waals surface area contributed by atoms with Crippen molar-refractivity contribution in [3.05, 3.63) is 70.8 Å². The van der Waals surface area contributed by atoms with Crippen molar-refractivity contribution in [1.82, 2.24) is 5.32 Å². The standard InChI is InChI=1S/C18H23NO.C2H6/c1-3-14-11-16(13-17(12-14)18(20)19-2)10-9-15-7-5-4-6-8-15;1-2/h4-8,11-13,18-20H,3,9-10H2,1-2H3;1-2H3. The average molecular weight is 299 g/mol. The van der Waals surface area contributed by atoms with E-state index in [1.54, 1.807) is 7.05 Å². The molecule has 0 aromatic heterocycles. The van der Waals surface area contributed by atoms with Gasteiger partial charge in [-0.15, -0.1) is 0 Å². The molecule has 0 aliphatic carbocycles.